The van der Waals surface area contributed by atoms with Crippen LogP contribution in [0.5, 0.6) is 0 Å². The van der Waals surface area contributed by atoms with E-state index in [0.29, 0.717) is 11.3 Å². The highest BCUT2D eigenvalue weighted by Crippen LogP contribution is 2.11. The maximum absolute atomic E-state index is 10.8. The van der Waals surface area contributed by atoms with Gasteiger partial charge < -0.3 is 15.3 Å². The summed E-state index contributed by atoms with van der Waals surface area (Å²) in [5.74, 6) is -3.28. The van der Waals surface area contributed by atoms with Crippen LogP contribution in [0.1, 0.15) is 36.8 Å². The van der Waals surface area contributed by atoms with Crippen molar-refractivity contribution in [2.45, 2.75) is 6.92 Å². The third-order valence-corrected chi connectivity index (χ3v) is 3.48. The predicted molar refractivity (Wildman–Crippen MR) is 93.4 cm³/mol. The number of benzene rings is 2. The molecule has 0 saturated carbocycles. The van der Waals surface area contributed by atoms with Crippen LogP contribution < -0.4 is 0 Å². The zero-order valence-electron chi connectivity index (χ0n) is 14.1. The van der Waals surface area contributed by atoms with Gasteiger partial charge in [-0.05, 0) is 36.8 Å². The molecule has 0 spiro atoms. The Kier molecular flexibility index (Phi) is 6.00. The summed E-state index contributed by atoms with van der Waals surface area (Å²) in [4.78, 5) is 31.9. The number of nitrogens with zero attached hydrogens (tertiary/aromatic N) is 3. The number of rotatable bonds is 4. The van der Waals surface area contributed by atoms with Gasteiger partial charge in [0, 0.05) is 0 Å². The Morgan fingerprint density at radius 2 is 1.56 bits per heavy atom. The van der Waals surface area contributed by atoms with Crippen molar-refractivity contribution in [3.05, 3.63) is 77.1 Å². The van der Waals surface area contributed by atoms with Crippen molar-refractivity contribution in [3.8, 4) is 5.69 Å². The van der Waals surface area contributed by atoms with E-state index in [0.717, 1.165) is 6.07 Å². The molecule has 0 aliphatic rings. The van der Waals surface area contributed by atoms with Gasteiger partial charge in [-0.3, -0.25) is 0 Å². The first-order chi connectivity index (χ1) is 12.8. The van der Waals surface area contributed by atoms with E-state index in [2.05, 4.69) is 10.3 Å². The lowest BCUT2D eigenvalue weighted by Gasteiger charge is -2.01. The third-order valence-electron chi connectivity index (χ3n) is 3.48. The third kappa shape index (κ3) is 4.75. The van der Waals surface area contributed by atoms with Gasteiger partial charge in [0.05, 0.1) is 23.0 Å². The topological polar surface area (TPSA) is 143 Å². The molecule has 9 nitrogen and oxygen atoms in total. The monoisotopic (exact) mass is 369 g/mol. The summed E-state index contributed by atoms with van der Waals surface area (Å²) >= 11 is 0. The highest BCUT2D eigenvalue weighted by Gasteiger charge is 2.12. The van der Waals surface area contributed by atoms with Crippen LogP contribution >= 0.6 is 0 Å². The highest BCUT2D eigenvalue weighted by atomic mass is 16.4. The van der Waals surface area contributed by atoms with Crippen molar-refractivity contribution < 1.29 is 29.7 Å². The second kappa shape index (κ2) is 8.39. The van der Waals surface area contributed by atoms with Gasteiger partial charge in [-0.2, -0.15) is 0 Å². The van der Waals surface area contributed by atoms with E-state index in [1.165, 1.54) is 23.0 Å². The minimum absolute atomic E-state index is 0.0111. The maximum atomic E-state index is 10.8. The molecule has 1 heterocycles. The number of carboxylic acid groups (broad SMARTS) is 3. The number of hydrogen-bond donors (Lipinski definition) is 3. The first-order valence-corrected chi connectivity index (χ1v) is 7.58. The van der Waals surface area contributed by atoms with Gasteiger partial charge >= 0.3 is 17.9 Å². The molecular formula is C18H15N3O6. The van der Waals surface area contributed by atoms with E-state index in [4.69, 9.17) is 15.3 Å². The molecule has 0 amide bonds. The van der Waals surface area contributed by atoms with Crippen LogP contribution in [-0.2, 0) is 0 Å². The van der Waals surface area contributed by atoms with Crippen LogP contribution in [0.2, 0.25) is 0 Å². The molecule has 0 saturated heterocycles. The fraction of sp³-hybridized carbons (Fsp3) is 0.0556. The standard InChI is InChI=1S/C9H7N3O2.C9H8O4/c13-9(14)8-6-10-11-12(8)7-4-2-1-3-5-7;1-5-2-3-6(8(10)11)4-7(5)9(12)13/h1-6H,(H,13,14);2-4H,1H3,(H,10,11)(H,12,13). The summed E-state index contributed by atoms with van der Waals surface area (Å²) in [5, 5.41) is 33.3. The van der Waals surface area contributed by atoms with Crippen LogP contribution in [0, 0.1) is 6.92 Å². The second-order valence-corrected chi connectivity index (χ2v) is 5.31. The molecule has 0 unspecified atom stereocenters. The average Bonchev–Trinajstić information content (AvgIpc) is 3.13. The SMILES string of the molecule is Cc1ccc(C(=O)O)cc1C(=O)O.O=C(O)c1cnnn1-c1ccccc1. The lowest BCUT2D eigenvalue weighted by Crippen LogP contribution is -2.07. The van der Waals surface area contributed by atoms with E-state index in [1.54, 1.807) is 19.1 Å². The van der Waals surface area contributed by atoms with Crippen molar-refractivity contribution >= 4 is 17.9 Å². The fourth-order valence-corrected chi connectivity index (χ4v) is 2.13. The van der Waals surface area contributed by atoms with Gasteiger partial charge in [-0.25, -0.2) is 19.1 Å². The predicted octanol–water partition coefficient (Wildman–Crippen LogP) is 2.36. The zero-order chi connectivity index (χ0) is 20.0. The van der Waals surface area contributed by atoms with Crippen molar-refractivity contribution in [2.75, 3.05) is 0 Å². The van der Waals surface area contributed by atoms with E-state index in [-0.39, 0.29) is 16.8 Å². The second-order valence-electron chi connectivity index (χ2n) is 5.31. The summed E-state index contributed by atoms with van der Waals surface area (Å²) in [5.41, 5.74) is 1.30. The Hall–Kier alpha value is -4.01. The number of para-hydroxylation sites is 1. The number of aromatic carboxylic acids is 3. The van der Waals surface area contributed by atoms with Gasteiger partial charge in [0.25, 0.3) is 0 Å². The quantitative estimate of drug-likeness (QED) is 0.636. The van der Waals surface area contributed by atoms with Crippen LogP contribution in [0.25, 0.3) is 5.69 Å². The minimum Gasteiger partial charge on any atom is -0.478 e. The van der Waals surface area contributed by atoms with E-state index in [1.807, 2.05) is 18.2 Å². The number of aryl methyl sites for hydroxylation is 1. The summed E-state index contributed by atoms with van der Waals surface area (Å²) < 4.78 is 1.28. The van der Waals surface area contributed by atoms with Gasteiger partial charge in [-0.15, -0.1) is 5.10 Å². The molecule has 0 aliphatic carbocycles. The fourth-order valence-electron chi connectivity index (χ4n) is 2.13. The average molecular weight is 369 g/mol. The first kappa shape index (κ1) is 19.3. The molecule has 138 valence electrons. The molecule has 2 aromatic carbocycles. The molecule has 9 heteroatoms. The van der Waals surface area contributed by atoms with Gasteiger partial charge in [-0.1, -0.05) is 29.5 Å². The molecule has 0 atom stereocenters. The summed E-state index contributed by atoms with van der Waals surface area (Å²) in [7, 11) is 0. The molecule has 3 rings (SSSR count). The van der Waals surface area contributed by atoms with Gasteiger partial charge in [0.2, 0.25) is 0 Å². The van der Waals surface area contributed by atoms with Gasteiger partial charge in [0.15, 0.2) is 5.69 Å². The molecule has 27 heavy (non-hydrogen) atoms. The lowest BCUT2D eigenvalue weighted by molar-refractivity contribution is 0.0676. The molecule has 3 aromatic rings. The minimum atomic E-state index is -1.12. The van der Waals surface area contributed by atoms with Crippen molar-refractivity contribution in [3.63, 3.8) is 0 Å². The Morgan fingerprint density at radius 3 is 2.11 bits per heavy atom. The Balaban J connectivity index is 0.000000194. The van der Waals surface area contributed by atoms with Gasteiger partial charge in [0.1, 0.15) is 0 Å². The molecular weight excluding hydrogens is 354 g/mol. The number of carboxylic acids is 3. The lowest BCUT2D eigenvalue weighted by atomic mass is 10.1. The van der Waals surface area contributed by atoms with E-state index < -0.39 is 17.9 Å². The summed E-state index contributed by atoms with van der Waals surface area (Å²) in [6.07, 6.45) is 1.22. The molecule has 0 aliphatic heterocycles. The normalized spacial score (nSPS) is 9.81. The number of hydrogen-bond acceptors (Lipinski definition) is 5. The van der Waals surface area contributed by atoms with E-state index in [9.17, 15) is 14.4 Å². The maximum Gasteiger partial charge on any atom is 0.356 e. The van der Waals surface area contributed by atoms with E-state index >= 15 is 0 Å². The van der Waals surface area contributed by atoms with Crippen LogP contribution in [0.4, 0.5) is 0 Å². The highest BCUT2D eigenvalue weighted by molar-refractivity contribution is 5.94. The Labute approximate surface area is 153 Å². The summed E-state index contributed by atoms with van der Waals surface area (Å²) in [6.45, 7) is 1.62. The largest absolute Gasteiger partial charge is 0.478 e. The van der Waals surface area contributed by atoms with Crippen molar-refractivity contribution in [1.29, 1.82) is 0 Å². The zero-order valence-corrected chi connectivity index (χ0v) is 14.1. The number of aromatic nitrogens is 3. The molecule has 0 bridgehead atoms. The van der Waals surface area contributed by atoms with Crippen LogP contribution in [0.3, 0.4) is 0 Å². The molecule has 1 aromatic heterocycles. The van der Waals surface area contributed by atoms with Crippen LogP contribution in [-0.4, -0.2) is 48.2 Å². The Bertz CT molecular complexity index is 982. The molecule has 0 radical (unpaired) electrons. The first-order valence-electron chi connectivity index (χ1n) is 7.58. The van der Waals surface area contributed by atoms with Crippen molar-refractivity contribution in [1.82, 2.24) is 15.0 Å². The Morgan fingerprint density at radius 1 is 0.889 bits per heavy atom. The number of carbonyl (C=O) groups is 3. The van der Waals surface area contributed by atoms with Crippen molar-refractivity contribution in [2.24, 2.45) is 0 Å². The van der Waals surface area contributed by atoms with Crippen LogP contribution in [0.15, 0.2) is 54.7 Å². The molecule has 0 fully saturated rings. The smallest absolute Gasteiger partial charge is 0.356 e. The summed E-state index contributed by atoms with van der Waals surface area (Å²) in [6, 6.07) is 13.0. The molecule has 3 N–H and O–H groups in total.